The molecular weight excluding hydrogens is 205 g/mol. The van der Waals surface area contributed by atoms with Gasteiger partial charge in [0, 0.05) is 18.5 Å². The predicted molar refractivity (Wildman–Crippen MR) is 61.8 cm³/mol. The van der Waals surface area contributed by atoms with Gasteiger partial charge in [-0.1, -0.05) is 20.8 Å². The van der Waals surface area contributed by atoms with Gasteiger partial charge < -0.3 is 15.4 Å². The Bertz CT molecular complexity index is 337. The summed E-state index contributed by atoms with van der Waals surface area (Å²) in [6, 6.07) is 0. The highest BCUT2D eigenvalue weighted by Crippen LogP contribution is 2.21. The van der Waals surface area contributed by atoms with E-state index in [1.165, 1.54) is 12.4 Å². The molecule has 0 aliphatic carbocycles. The van der Waals surface area contributed by atoms with Crippen LogP contribution >= 0.6 is 0 Å². The lowest BCUT2D eigenvalue weighted by Crippen LogP contribution is -2.50. The van der Waals surface area contributed by atoms with E-state index in [0.29, 0.717) is 5.46 Å². The number of rotatable bonds is 3. The fourth-order valence-electron chi connectivity index (χ4n) is 0.938. The van der Waals surface area contributed by atoms with Crippen LogP contribution in [-0.2, 0) is 4.65 Å². The number of nitrogens with zero attached hydrogens (tertiary/aromatic N) is 2. The summed E-state index contributed by atoms with van der Waals surface area (Å²) in [5.41, 5.74) is 5.65. The first-order valence-corrected chi connectivity index (χ1v) is 5.19. The van der Waals surface area contributed by atoms with Crippen LogP contribution in [0, 0.1) is 5.41 Å². The van der Waals surface area contributed by atoms with Gasteiger partial charge in [0.2, 0.25) is 13.1 Å². The smallest absolute Gasteiger partial charge is 0.221 e. The van der Waals surface area contributed by atoms with Crippen molar-refractivity contribution in [1.29, 1.82) is 0 Å². The second-order valence-electron chi connectivity index (χ2n) is 4.85. The van der Waals surface area contributed by atoms with Crippen LogP contribution in [0.15, 0.2) is 12.4 Å². The van der Waals surface area contributed by atoms with Crippen LogP contribution in [0.3, 0.4) is 0 Å². The summed E-state index contributed by atoms with van der Waals surface area (Å²) in [6.45, 7) is 7.93. The first kappa shape index (κ1) is 12.9. The van der Waals surface area contributed by atoms with Crippen molar-refractivity contribution in [2.75, 3.05) is 5.73 Å². The number of nitrogens with two attached hydrogens (primary N) is 1. The summed E-state index contributed by atoms with van der Waals surface area (Å²) in [7, 11) is -1.27. The van der Waals surface area contributed by atoms with E-state index >= 15 is 0 Å². The quantitative estimate of drug-likeness (QED) is 0.701. The minimum absolute atomic E-state index is 0.0721. The van der Waals surface area contributed by atoms with Gasteiger partial charge in [0.25, 0.3) is 0 Å². The van der Waals surface area contributed by atoms with Gasteiger partial charge in [0.05, 0.1) is 0 Å². The second kappa shape index (κ2) is 4.80. The van der Waals surface area contributed by atoms with Gasteiger partial charge >= 0.3 is 0 Å². The minimum atomic E-state index is -1.27. The van der Waals surface area contributed by atoms with Crippen molar-refractivity contribution < 1.29 is 9.68 Å². The van der Waals surface area contributed by atoms with Crippen molar-refractivity contribution in [2.24, 2.45) is 5.41 Å². The molecule has 0 radical (unpaired) electrons. The van der Waals surface area contributed by atoms with Crippen LogP contribution < -0.4 is 16.2 Å². The van der Waals surface area contributed by atoms with E-state index in [2.05, 4.69) is 9.97 Å². The number of nitrogen functional groups attached to an aromatic ring is 1. The van der Waals surface area contributed by atoms with E-state index in [1.54, 1.807) is 0 Å². The van der Waals surface area contributed by atoms with Gasteiger partial charge in [-0.05, 0) is 17.8 Å². The zero-order valence-electron chi connectivity index (χ0n) is 10.1. The van der Waals surface area contributed by atoms with Crippen molar-refractivity contribution in [2.45, 2.75) is 33.8 Å². The standard InChI is InChI=1S/C10H17BN3O2/c1-7(10(2,3)4)16-11(15)8-5-13-9(12)14-6-8/h5-7H,1-4H3,(H2,12,13,14)/q-1. The maximum atomic E-state index is 11.8. The zero-order chi connectivity index (χ0) is 12.3. The first-order valence-electron chi connectivity index (χ1n) is 5.19. The van der Waals surface area contributed by atoms with Crippen molar-refractivity contribution in [1.82, 2.24) is 9.97 Å². The normalized spacial score (nSPS) is 13.6. The second-order valence-corrected chi connectivity index (χ2v) is 4.85. The van der Waals surface area contributed by atoms with E-state index in [9.17, 15) is 5.02 Å². The average molecular weight is 222 g/mol. The van der Waals surface area contributed by atoms with Gasteiger partial charge in [0.15, 0.2) is 0 Å². The number of hydrogen-bond donors (Lipinski definition) is 1. The van der Waals surface area contributed by atoms with E-state index in [1.807, 2.05) is 27.7 Å². The fraction of sp³-hybridized carbons (Fsp3) is 0.600. The third kappa shape index (κ3) is 3.46. The molecule has 88 valence electrons. The van der Waals surface area contributed by atoms with Crippen LogP contribution in [-0.4, -0.2) is 23.2 Å². The van der Waals surface area contributed by atoms with Gasteiger partial charge in [-0.2, -0.15) is 0 Å². The molecule has 0 amide bonds. The summed E-state index contributed by atoms with van der Waals surface area (Å²) in [6.07, 6.45) is 2.65. The predicted octanol–water partition coefficient (Wildman–Crippen LogP) is -0.434. The summed E-state index contributed by atoms with van der Waals surface area (Å²) < 4.78 is 5.36. The van der Waals surface area contributed by atoms with Gasteiger partial charge in [0.1, 0.15) is 0 Å². The molecule has 0 aromatic carbocycles. The Labute approximate surface area is 96.2 Å². The third-order valence-corrected chi connectivity index (χ3v) is 2.51. The molecule has 5 nitrogen and oxygen atoms in total. The van der Waals surface area contributed by atoms with Gasteiger partial charge in [-0.3, -0.25) is 0 Å². The summed E-state index contributed by atoms with van der Waals surface area (Å²) in [4.78, 5) is 7.51. The fourth-order valence-corrected chi connectivity index (χ4v) is 0.938. The van der Waals surface area contributed by atoms with Crippen molar-refractivity contribution in [3.05, 3.63) is 12.4 Å². The SMILES string of the molecule is CC(OB([O-])c1cnc(N)nc1)C(C)(C)C. The zero-order valence-corrected chi connectivity index (χ0v) is 10.1. The molecule has 1 aromatic rings. The molecule has 0 saturated carbocycles. The molecule has 0 aliphatic rings. The molecule has 1 atom stereocenters. The molecule has 0 fully saturated rings. The summed E-state index contributed by atoms with van der Waals surface area (Å²) in [5, 5.41) is 11.8. The molecule has 1 rings (SSSR count). The number of aromatic nitrogens is 2. The lowest BCUT2D eigenvalue weighted by Gasteiger charge is -2.33. The Balaban J connectivity index is 2.65. The van der Waals surface area contributed by atoms with Crippen LogP contribution in [0.25, 0.3) is 0 Å². The number of hydrogen-bond acceptors (Lipinski definition) is 5. The Kier molecular flexibility index (Phi) is 3.88. The van der Waals surface area contributed by atoms with Crippen molar-refractivity contribution >= 4 is 18.5 Å². The summed E-state index contributed by atoms with van der Waals surface area (Å²) >= 11 is 0. The Morgan fingerprint density at radius 1 is 1.38 bits per heavy atom. The van der Waals surface area contributed by atoms with Crippen LogP contribution in [0.1, 0.15) is 27.7 Å². The van der Waals surface area contributed by atoms with E-state index < -0.39 is 7.12 Å². The molecule has 16 heavy (non-hydrogen) atoms. The summed E-state index contributed by atoms with van der Waals surface area (Å²) in [5.74, 6) is 0.153. The van der Waals surface area contributed by atoms with Crippen LogP contribution in [0.5, 0.6) is 0 Å². The topological polar surface area (TPSA) is 84.1 Å². The Morgan fingerprint density at radius 2 is 1.88 bits per heavy atom. The molecule has 6 heteroatoms. The third-order valence-electron chi connectivity index (χ3n) is 2.51. The lowest BCUT2D eigenvalue weighted by molar-refractivity contribution is -0.224. The largest absolute Gasteiger partial charge is 0.853 e. The monoisotopic (exact) mass is 222 g/mol. The average Bonchev–Trinajstić information content (AvgIpc) is 2.17. The van der Waals surface area contributed by atoms with Crippen molar-refractivity contribution in [3.63, 3.8) is 0 Å². The molecule has 0 bridgehead atoms. The van der Waals surface area contributed by atoms with Gasteiger partial charge in [-0.15, -0.1) is 0 Å². The van der Waals surface area contributed by atoms with Crippen LogP contribution in [0.4, 0.5) is 5.95 Å². The minimum Gasteiger partial charge on any atom is -0.853 e. The van der Waals surface area contributed by atoms with Gasteiger partial charge in [-0.25, -0.2) is 9.97 Å². The maximum absolute atomic E-state index is 11.8. The molecule has 1 aromatic heterocycles. The highest BCUT2D eigenvalue weighted by atomic mass is 16.5. The molecule has 0 aliphatic heterocycles. The Morgan fingerprint density at radius 3 is 2.31 bits per heavy atom. The number of anilines is 1. The Hall–Kier alpha value is -1.14. The highest BCUT2D eigenvalue weighted by molar-refractivity contribution is 6.58. The van der Waals surface area contributed by atoms with Crippen molar-refractivity contribution in [3.8, 4) is 0 Å². The molecule has 0 saturated heterocycles. The van der Waals surface area contributed by atoms with E-state index in [4.69, 9.17) is 10.4 Å². The maximum Gasteiger partial charge on any atom is 0.221 e. The highest BCUT2D eigenvalue weighted by Gasteiger charge is 2.22. The molecule has 2 N–H and O–H groups in total. The van der Waals surface area contributed by atoms with Crippen LogP contribution in [0.2, 0.25) is 0 Å². The molecule has 1 heterocycles. The molecule has 0 spiro atoms. The lowest BCUT2D eigenvalue weighted by atomic mass is 9.79. The molecule has 1 unspecified atom stereocenters. The van der Waals surface area contributed by atoms with E-state index in [0.717, 1.165) is 0 Å². The molecular formula is C10H17BN3O2-. The first-order chi connectivity index (χ1) is 7.30. The van der Waals surface area contributed by atoms with E-state index in [-0.39, 0.29) is 17.5 Å².